The van der Waals surface area contributed by atoms with E-state index in [-0.39, 0.29) is 5.91 Å². The monoisotopic (exact) mass is 328 g/mol. The minimum absolute atomic E-state index is 0.265. The summed E-state index contributed by atoms with van der Waals surface area (Å²) in [5.74, 6) is 0.105. The van der Waals surface area contributed by atoms with Crippen molar-refractivity contribution in [3.63, 3.8) is 0 Å². The van der Waals surface area contributed by atoms with E-state index in [2.05, 4.69) is 5.32 Å². The van der Waals surface area contributed by atoms with Gasteiger partial charge in [-0.2, -0.15) is 5.26 Å². The van der Waals surface area contributed by atoms with Crippen LogP contribution in [0.15, 0.2) is 36.4 Å². The van der Waals surface area contributed by atoms with Crippen LogP contribution in [0, 0.1) is 25.2 Å². The summed E-state index contributed by atoms with van der Waals surface area (Å²) in [5.41, 5.74) is 3.24. The zero-order valence-electron chi connectivity index (χ0n) is 13.2. The van der Waals surface area contributed by atoms with Gasteiger partial charge < -0.3 is 10.1 Å². The van der Waals surface area contributed by atoms with Gasteiger partial charge in [-0.1, -0.05) is 23.7 Å². The van der Waals surface area contributed by atoms with Gasteiger partial charge in [0.15, 0.2) is 6.10 Å². The molecule has 118 valence electrons. The summed E-state index contributed by atoms with van der Waals surface area (Å²) in [5, 5.41) is 12.0. The molecule has 0 saturated carbocycles. The van der Waals surface area contributed by atoms with E-state index in [0.717, 1.165) is 16.8 Å². The Morgan fingerprint density at radius 2 is 2.00 bits per heavy atom. The molecule has 0 heterocycles. The van der Waals surface area contributed by atoms with Gasteiger partial charge in [-0.25, -0.2) is 0 Å². The summed E-state index contributed by atoms with van der Waals surface area (Å²) in [6.07, 6.45) is -0.722. The third-order valence-corrected chi connectivity index (χ3v) is 3.68. The van der Waals surface area contributed by atoms with E-state index in [0.29, 0.717) is 16.3 Å². The second-order valence-corrected chi connectivity index (χ2v) is 5.73. The number of hydrogen-bond donors (Lipinski definition) is 1. The van der Waals surface area contributed by atoms with Gasteiger partial charge in [0.2, 0.25) is 0 Å². The van der Waals surface area contributed by atoms with E-state index < -0.39 is 6.10 Å². The molecule has 0 unspecified atom stereocenters. The molecule has 0 radical (unpaired) electrons. The SMILES string of the molecule is Cc1ccc(C)c(NC(=O)[C@H](C)Oc2ccc(C#N)cc2Cl)c1. The minimum atomic E-state index is -0.722. The van der Waals surface area contributed by atoms with Crippen LogP contribution in [-0.2, 0) is 4.79 Å². The zero-order valence-corrected chi connectivity index (χ0v) is 13.9. The van der Waals surface area contributed by atoms with Crippen molar-refractivity contribution < 1.29 is 9.53 Å². The Bertz CT molecular complexity index is 781. The number of amides is 1. The van der Waals surface area contributed by atoms with E-state index in [4.69, 9.17) is 21.6 Å². The lowest BCUT2D eigenvalue weighted by Crippen LogP contribution is -2.30. The molecule has 23 heavy (non-hydrogen) atoms. The summed E-state index contributed by atoms with van der Waals surface area (Å²) in [7, 11) is 0. The van der Waals surface area contributed by atoms with Crippen LogP contribution in [0.25, 0.3) is 0 Å². The Balaban J connectivity index is 2.08. The van der Waals surface area contributed by atoms with Crippen LogP contribution >= 0.6 is 11.6 Å². The van der Waals surface area contributed by atoms with Crippen molar-refractivity contribution >= 4 is 23.2 Å². The van der Waals surface area contributed by atoms with Gasteiger partial charge in [-0.15, -0.1) is 0 Å². The molecule has 0 aliphatic rings. The number of ether oxygens (including phenoxy) is 1. The number of rotatable bonds is 4. The molecule has 0 fully saturated rings. The molecule has 0 spiro atoms. The van der Waals surface area contributed by atoms with Crippen LogP contribution in [0.5, 0.6) is 5.75 Å². The van der Waals surface area contributed by atoms with Gasteiger partial charge in [0.1, 0.15) is 5.75 Å². The van der Waals surface area contributed by atoms with E-state index in [1.165, 1.54) is 6.07 Å². The molecule has 0 saturated heterocycles. The average Bonchev–Trinajstić information content (AvgIpc) is 2.52. The van der Waals surface area contributed by atoms with Crippen molar-refractivity contribution in [1.82, 2.24) is 0 Å². The van der Waals surface area contributed by atoms with Crippen LogP contribution in [0.3, 0.4) is 0 Å². The number of nitrogens with one attached hydrogen (secondary N) is 1. The number of carbonyl (C=O) groups is 1. The maximum Gasteiger partial charge on any atom is 0.265 e. The molecule has 0 aliphatic heterocycles. The smallest absolute Gasteiger partial charge is 0.265 e. The lowest BCUT2D eigenvalue weighted by Gasteiger charge is -2.17. The number of nitrogens with zero attached hydrogens (tertiary/aromatic N) is 1. The van der Waals surface area contributed by atoms with Gasteiger partial charge >= 0.3 is 0 Å². The number of nitriles is 1. The highest BCUT2D eigenvalue weighted by molar-refractivity contribution is 6.32. The fraction of sp³-hybridized carbons (Fsp3) is 0.222. The summed E-state index contributed by atoms with van der Waals surface area (Å²) >= 11 is 6.06. The first-order valence-corrected chi connectivity index (χ1v) is 7.53. The fourth-order valence-electron chi connectivity index (χ4n) is 2.01. The van der Waals surface area contributed by atoms with E-state index in [9.17, 15) is 4.79 Å². The molecule has 2 aromatic carbocycles. The molecule has 5 heteroatoms. The maximum atomic E-state index is 12.3. The topological polar surface area (TPSA) is 62.1 Å². The van der Waals surface area contributed by atoms with Gasteiger partial charge in [0.25, 0.3) is 5.91 Å². The number of carbonyl (C=O) groups excluding carboxylic acids is 1. The van der Waals surface area contributed by atoms with E-state index >= 15 is 0 Å². The molecule has 0 aliphatic carbocycles. The normalized spacial score (nSPS) is 11.4. The quantitative estimate of drug-likeness (QED) is 0.913. The van der Waals surface area contributed by atoms with Crippen molar-refractivity contribution in [1.29, 1.82) is 5.26 Å². The predicted molar refractivity (Wildman–Crippen MR) is 90.8 cm³/mol. The Morgan fingerprint density at radius 1 is 1.26 bits per heavy atom. The molecule has 0 bridgehead atoms. The Labute approximate surface area is 140 Å². The average molecular weight is 329 g/mol. The summed E-state index contributed by atoms with van der Waals surface area (Å²) in [6.45, 7) is 5.54. The standard InChI is InChI=1S/C18H17ClN2O2/c1-11-4-5-12(2)16(8-11)21-18(22)13(3)23-17-7-6-14(10-20)9-15(17)19/h4-9,13H,1-3H3,(H,21,22)/t13-/m0/s1. The van der Waals surface area contributed by atoms with Crippen molar-refractivity contribution in [3.05, 3.63) is 58.1 Å². The third-order valence-electron chi connectivity index (χ3n) is 3.38. The molecule has 4 nitrogen and oxygen atoms in total. The van der Waals surface area contributed by atoms with E-state index in [1.54, 1.807) is 19.1 Å². The van der Waals surface area contributed by atoms with Crippen LogP contribution < -0.4 is 10.1 Å². The highest BCUT2D eigenvalue weighted by Crippen LogP contribution is 2.26. The van der Waals surface area contributed by atoms with Gasteiger partial charge in [0, 0.05) is 5.69 Å². The molecule has 1 N–H and O–H groups in total. The summed E-state index contributed by atoms with van der Waals surface area (Å²) in [4.78, 5) is 12.3. The largest absolute Gasteiger partial charge is 0.479 e. The molecule has 1 atom stereocenters. The number of halogens is 1. The Hall–Kier alpha value is -2.51. The van der Waals surface area contributed by atoms with Crippen molar-refractivity contribution in [2.45, 2.75) is 26.9 Å². The number of aryl methyl sites for hydroxylation is 2. The summed E-state index contributed by atoms with van der Waals surface area (Å²) < 4.78 is 5.60. The number of anilines is 1. The molecular formula is C18H17ClN2O2. The Kier molecular flexibility index (Phi) is 5.25. The maximum absolute atomic E-state index is 12.3. The highest BCUT2D eigenvalue weighted by atomic mass is 35.5. The minimum Gasteiger partial charge on any atom is -0.479 e. The molecular weight excluding hydrogens is 312 g/mol. The molecule has 1 amide bonds. The second kappa shape index (κ2) is 7.17. The van der Waals surface area contributed by atoms with Crippen LogP contribution in [0.1, 0.15) is 23.6 Å². The van der Waals surface area contributed by atoms with Crippen molar-refractivity contribution in [3.8, 4) is 11.8 Å². The first-order valence-electron chi connectivity index (χ1n) is 7.15. The molecule has 2 aromatic rings. The van der Waals surface area contributed by atoms with E-state index in [1.807, 2.05) is 38.1 Å². The van der Waals surface area contributed by atoms with Gasteiger partial charge in [-0.3, -0.25) is 4.79 Å². The molecule has 0 aromatic heterocycles. The van der Waals surface area contributed by atoms with Gasteiger partial charge in [0.05, 0.1) is 16.7 Å². The number of benzene rings is 2. The highest BCUT2D eigenvalue weighted by Gasteiger charge is 2.17. The van der Waals surface area contributed by atoms with Crippen LogP contribution in [0.4, 0.5) is 5.69 Å². The first kappa shape index (κ1) is 16.9. The zero-order chi connectivity index (χ0) is 17.0. The van der Waals surface area contributed by atoms with Crippen LogP contribution in [-0.4, -0.2) is 12.0 Å². The van der Waals surface area contributed by atoms with Crippen molar-refractivity contribution in [2.75, 3.05) is 5.32 Å². The lowest BCUT2D eigenvalue weighted by molar-refractivity contribution is -0.122. The Morgan fingerprint density at radius 3 is 2.65 bits per heavy atom. The number of hydrogen-bond acceptors (Lipinski definition) is 3. The first-order chi connectivity index (χ1) is 10.9. The lowest BCUT2D eigenvalue weighted by atomic mass is 10.1. The van der Waals surface area contributed by atoms with Gasteiger partial charge in [-0.05, 0) is 56.2 Å². The fourth-order valence-corrected chi connectivity index (χ4v) is 2.24. The van der Waals surface area contributed by atoms with Crippen molar-refractivity contribution in [2.24, 2.45) is 0 Å². The summed E-state index contributed by atoms with van der Waals surface area (Å²) in [6, 6.07) is 12.5. The second-order valence-electron chi connectivity index (χ2n) is 5.32. The van der Waals surface area contributed by atoms with Crippen LogP contribution in [0.2, 0.25) is 5.02 Å². The predicted octanol–water partition coefficient (Wildman–Crippen LogP) is 4.23. The third kappa shape index (κ3) is 4.24. The molecule has 2 rings (SSSR count).